The van der Waals surface area contributed by atoms with Gasteiger partial charge in [-0.25, -0.2) is 0 Å². The lowest BCUT2D eigenvalue weighted by Crippen LogP contribution is -2.37. The summed E-state index contributed by atoms with van der Waals surface area (Å²) in [6.07, 6.45) is 7.98. The highest BCUT2D eigenvalue weighted by Gasteiger charge is 2.29. The predicted octanol–water partition coefficient (Wildman–Crippen LogP) is 3.24. The molecule has 0 radical (unpaired) electrons. The van der Waals surface area contributed by atoms with Crippen LogP contribution in [0.15, 0.2) is 24.3 Å². The molecule has 0 aromatic heterocycles. The van der Waals surface area contributed by atoms with Gasteiger partial charge in [0, 0.05) is 30.4 Å². The second-order valence-corrected chi connectivity index (χ2v) is 6.84. The fourth-order valence-corrected chi connectivity index (χ4v) is 3.05. The molecule has 2 amide bonds. The summed E-state index contributed by atoms with van der Waals surface area (Å²) < 4.78 is 0. The Morgan fingerprint density at radius 1 is 0.917 bits per heavy atom. The first-order chi connectivity index (χ1) is 11.7. The minimum Gasteiger partial charge on any atom is -0.376 e. The Kier molecular flexibility index (Phi) is 5.72. The number of likely N-dealkylation sites (tertiary alicyclic amines) is 1. The van der Waals surface area contributed by atoms with Gasteiger partial charge < -0.3 is 15.5 Å². The molecule has 0 bridgehead atoms. The van der Waals surface area contributed by atoms with Gasteiger partial charge in [-0.15, -0.1) is 0 Å². The van der Waals surface area contributed by atoms with Crippen LogP contribution in [0.3, 0.4) is 0 Å². The number of carbonyl (C=O) groups excluding carboxylic acids is 2. The second kappa shape index (κ2) is 8.18. The second-order valence-electron chi connectivity index (χ2n) is 6.84. The summed E-state index contributed by atoms with van der Waals surface area (Å²) >= 11 is 0. The van der Waals surface area contributed by atoms with Crippen LogP contribution < -0.4 is 10.6 Å². The third kappa shape index (κ3) is 4.98. The zero-order chi connectivity index (χ0) is 16.8. The maximum atomic E-state index is 12.3. The summed E-state index contributed by atoms with van der Waals surface area (Å²) in [5.41, 5.74) is 1.72. The zero-order valence-corrected chi connectivity index (χ0v) is 14.2. The monoisotopic (exact) mass is 329 g/mol. The summed E-state index contributed by atoms with van der Waals surface area (Å²) in [5.74, 6) is 0.490. The Hall–Kier alpha value is -2.04. The van der Waals surface area contributed by atoms with Crippen molar-refractivity contribution >= 4 is 23.2 Å². The first kappa shape index (κ1) is 16.8. The van der Waals surface area contributed by atoms with E-state index in [1.54, 1.807) is 0 Å². The van der Waals surface area contributed by atoms with E-state index in [2.05, 4.69) is 10.6 Å². The standard InChI is InChI=1S/C19H27N3O2/c23-18(22-12-4-2-1-3-5-13-22)14-20-16-8-10-17(11-9-16)21-19(24)15-6-7-15/h8-11,15,20H,1-7,12-14H2,(H,21,24). The Bertz CT molecular complexity index is 558. The number of hydrogen-bond acceptors (Lipinski definition) is 3. The molecule has 1 aliphatic heterocycles. The molecule has 1 heterocycles. The van der Waals surface area contributed by atoms with Crippen LogP contribution in [0.4, 0.5) is 11.4 Å². The molecule has 2 fully saturated rings. The van der Waals surface area contributed by atoms with Crippen LogP contribution in [0.25, 0.3) is 0 Å². The van der Waals surface area contributed by atoms with Gasteiger partial charge in [-0.3, -0.25) is 9.59 Å². The van der Waals surface area contributed by atoms with Gasteiger partial charge in [0.15, 0.2) is 0 Å². The van der Waals surface area contributed by atoms with Crippen molar-refractivity contribution < 1.29 is 9.59 Å². The minimum atomic E-state index is 0.114. The number of nitrogens with zero attached hydrogens (tertiary/aromatic N) is 1. The molecule has 0 spiro atoms. The fourth-order valence-electron chi connectivity index (χ4n) is 3.05. The molecule has 1 aromatic rings. The first-order valence-electron chi connectivity index (χ1n) is 9.15. The molecule has 1 aliphatic carbocycles. The van der Waals surface area contributed by atoms with Gasteiger partial charge in [0.2, 0.25) is 11.8 Å². The van der Waals surface area contributed by atoms with Crippen molar-refractivity contribution in [1.82, 2.24) is 4.90 Å². The number of benzene rings is 1. The number of carbonyl (C=O) groups is 2. The number of hydrogen-bond donors (Lipinski definition) is 2. The molecule has 3 rings (SSSR count). The number of rotatable bonds is 5. The van der Waals surface area contributed by atoms with Crippen LogP contribution in [0.5, 0.6) is 0 Å². The quantitative estimate of drug-likeness (QED) is 0.872. The maximum Gasteiger partial charge on any atom is 0.241 e. The lowest BCUT2D eigenvalue weighted by Gasteiger charge is -2.25. The SMILES string of the molecule is O=C(Nc1ccc(NCC(=O)N2CCCCCCC2)cc1)C1CC1. The van der Waals surface area contributed by atoms with Crippen molar-refractivity contribution in [2.75, 3.05) is 30.3 Å². The molecular formula is C19H27N3O2. The Labute approximate surface area is 143 Å². The lowest BCUT2D eigenvalue weighted by atomic mass is 10.1. The molecular weight excluding hydrogens is 302 g/mol. The van der Waals surface area contributed by atoms with E-state index in [0.29, 0.717) is 6.54 Å². The summed E-state index contributed by atoms with van der Waals surface area (Å²) in [5, 5.41) is 6.11. The van der Waals surface area contributed by atoms with E-state index in [0.717, 1.165) is 50.1 Å². The molecule has 5 nitrogen and oxygen atoms in total. The van der Waals surface area contributed by atoms with Crippen LogP contribution in [0, 0.1) is 5.92 Å². The van der Waals surface area contributed by atoms with Gasteiger partial charge in [0.1, 0.15) is 0 Å². The molecule has 1 aromatic carbocycles. The zero-order valence-electron chi connectivity index (χ0n) is 14.2. The van der Waals surface area contributed by atoms with Gasteiger partial charge in [0.05, 0.1) is 6.54 Å². The topological polar surface area (TPSA) is 61.4 Å². The third-order valence-electron chi connectivity index (χ3n) is 4.75. The molecule has 1 saturated carbocycles. The average molecular weight is 329 g/mol. The van der Waals surface area contributed by atoms with Crippen LogP contribution in [0.2, 0.25) is 0 Å². The summed E-state index contributed by atoms with van der Waals surface area (Å²) in [6.45, 7) is 2.09. The highest BCUT2D eigenvalue weighted by molar-refractivity contribution is 5.94. The third-order valence-corrected chi connectivity index (χ3v) is 4.75. The van der Waals surface area contributed by atoms with E-state index in [9.17, 15) is 9.59 Å². The number of anilines is 2. The maximum absolute atomic E-state index is 12.3. The highest BCUT2D eigenvalue weighted by Crippen LogP contribution is 2.30. The van der Waals surface area contributed by atoms with Gasteiger partial charge in [0.25, 0.3) is 0 Å². The first-order valence-corrected chi connectivity index (χ1v) is 9.15. The molecule has 1 saturated heterocycles. The molecule has 24 heavy (non-hydrogen) atoms. The van der Waals surface area contributed by atoms with E-state index in [1.165, 1.54) is 19.3 Å². The fraction of sp³-hybridized carbons (Fsp3) is 0.579. The molecule has 0 atom stereocenters. The summed E-state index contributed by atoms with van der Waals surface area (Å²) in [7, 11) is 0. The molecule has 2 N–H and O–H groups in total. The normalized spacial score (nSPS) is 18.4. The van der Waals surface area contributed by atoms with Gasteiger partial charge >= 0.3 is 0 Å². The minimum absolute atomic E-state index is 0.114. The van der Waals surface area contributed by atoms with E-state index in [4.69, 9.17) is 0 Å². The van der Waals surface area contributed by atoms with Crippen LogP contribution in [-0.4, -0.2) is 36.3 Å². The van der Waals surface area contributed by atoms with Gasteiger partial charge in [-0.2, -0.15) is 0 Å². The lowest BCUT2D eigenvalue weighted by molar-refractivity contribution is -0.129. The van der Waals surface area contributed by atoms with Gasteiger partial charge in [-0.1, -0.05) is 19.3 Å². The van der Waals surface area contributed by atoms with Crippen molar-refractivity contribution in [3.8, 4) is 0 Å². The predicted molar refractivity (Wildman–Crippen MR) is 96.0 cm³/mol. The van der Waals surface area contributed by atoms with E-state index in [-0.39, 0.29) is 17.7 Å². The summed E-state index contributed by atoms with van der Waals surface area (Å²) in [4.78, 5) is 26.0. The Morgan fingerprint density at radius 2 is 1.50 bits per heavy atom. The van der Waals surface area contributed by atoms with Crippen molar-refractivity contribution in [2.24, 2.45) is 5.92 Å². The van der Waals surface area contributed by atoms with E-state index < -0.39 is 0 Å². The van der Waals surface area contributed by atoms with Crippen molar-refractivity contribution in [3.05, 3.63) is 24.3 Å². The smallest absolute Gasteiger partial charge is 0.241 e. The van der Waals surface area contributed by atoms with E-state index in [1.807, 2.05) is 29.2 Å². The number of amides is 2. The number of nitrogens with one attached hydrogen (secondary N) is 2. The van der Waals surface area contributed by atoms with E-state index >= 15 is 0 Å². The Morgan fingerprint density at radius 3 is 2.12 bits per heavy atom. The highest BCUT2D eigenvalue weighted by atomic mass is 16.2. The van der Waals surface area contributed by atoms with Crippen molar-refractivity contribution in [1.29, 1.82) is 0 Å². The summed E-state index contributed by atoms with van der Waals surface area (Å²) in [6, 6.07) is 7.57. The van der Waals surface area contributed by atoms with Crippen LogP contribution in [0.1, 0.15) is 44.9 Å². The average Bonchev–Trinajstić information content (AvgIpc) is 3.38. The van der Waals surface area contributed by atoms with Gasteiger partial charge in [-0.05, 0) is 49.9 Å². The molecule has 0 unspecified atom stereocenters. The van der Waals surface area contributed by atoms with Crippen molar-refractivity contribution in [3.63, 3.8) is 0 Å². The van der Waals surface area contributed by atoms with Crippen LogP contribution >= 0.6 is 0 Å². The molecule has 130 valence electrons. The molecule has 5 heteroatoms. The van der Waals surface area contributed by atoms with Crippen LogP contribution in [-0.2, 0) is 9.59 Å². The van der Waals surface area contributed by atoms with Crippen molar-refractivity contribution in [2.45, 2.75) is 44.9 Å². The largest absolute Gasteiger partial charge is 0.376 e. The molecule has 2 aliphatic rings. The Balaban J connectivity index is 1.45.